The first-order valence-electron chi connectivity index (χ1n) is 4.78. The molecule has 0 bridgehead atoms. The largest absolute Gasteiger partial charge is 0.0959 e. The van der Waals surface area contributed by atoms with Gasteiger partial charge >= 0.3 is 0 Å². The van der Waals surface area contributed by atoms with Crippen molar-refractivity contribution >= 4 is 0 Å². The maximum atomic E-state index is 3.99. The Kier molecular flexibility index (Phi) is 4.96. The van der Waals surface area contributed by atoms with Crippen molar-refractivity contribution in [1.82, 2.24) is 0 Å². The van der Waals surface area contributed by atoms with Crippen LogP contribution in [0.5, 0.6) is 0 Å². The lowest BCUT2D eigenvalue weighted by Gasteiger charge is -2.15. The second-order valence-electron chi connectivity index (χ2n) is 4.14. The lowest BCUT2D eigenvalue weighted by molar-refractivity contribution is 0.393. The highest BCUT2D eigenvalue weighted by Crippen LogP contribution is 2.20. The molecule has 70 valence electrons. The van der Waals surface area contributed by atoms with Gasteiger partial charge in [0.1, 0.15) is 0 Å². The molecule has 0 amide bonds. The summed E-state index contributed by atoms with van der Waals surface area (Å²) in [5.74, 6) is 1.57. The Morgan fingerprint density at radius 1 is 1.17 bits per heavy atom. The fraction of sp³-hybridized carbons (Fsp3) is 0.667. The summed E-state index contributed by atoms with van der Waals surface area (Å²) in [5.41, 5.74) is 2.34. The van der Waals surface area contributed by atoms with E-state index in [0.29, 0.717) is 0 Å². The Hall–Kier alpha value is -0.520. The number of rotatable bonds is 5. The van der Waals surface area contributed by atoms with Crippen LogP contribution in [0, 0.1) is 11.8 Å². The summed E-state index contributed by atoms with van der Waals surface area (Å²) in [4.78, 5) is 0. The minimum atomic E-state index is 0.780. The lowest BCUT2D eigenvalue weighted by Crippen LogP contribution is -2.03. The van der Waals surface area contributed by atoms with Gasteiger partial charge in [-0.1, -0.05) is 45.1 Å². The van der Waals surface area contributed by atoms with E-state index in [-0.39, 0.29) is 0 Å². The molecule has 12 heavy (non-hydrogen) atoms. The minimum absolute atomic E-state index is 0.780. The van der Waals surface area contributed by atoms with Crippen LogP contribution in [-0.4, -0.2) is 0 Å². The van der Waals surface area contributed by atoms with Crippen LogP contribution in [0.1, 0.15) is 40.5 Å². The Labute approximate surface area is 77.4 Å². The van der Waals surface area contributed by atoms with Gasteiger partial charge < -0.3 is 0 Å². The van der Waals surface area contributed by atoms with Crippen molar-refractivity contribution in [2.45, 2.75) is 40.5 Å². The molecule has 0 spiro atoms. The van der Waals surface area contributed by atoms with Gasteiger partial charge in [-0.05, 0) is 31.6 Å². The third-order valence-corrected chi connectivity index (χ3v) is 2.64. The van der Waals surface area contributed by atoms with Crippen molar-refractivity contribution < 1.29 is 0 Å². The van der Waals surface area contributed by atoms with Crippen LogP contribution in [0.25, 0.3) is 0 Å². The van der Waals surface area contributed by atoms with Gasteiger partial charge in [0, 0.05) is 0 Å². The lowest BCUT2D eigenvalue weighted by atomic mass is 9.91. The molecular formula is C12H22. The summed E-state index contributed by atoms with van der Waals surface area (Å²) in [6.07, 6.45) is 2.35. The molecule has 0 aromatic carbocycles. The summed E-state index contributed by atoms with van der Waals surface area (Å²) in [5, 5.41) is 0. The standard InChI is InChI=1S/C12H22/c1-9(2)11(5)7-8-12(6)10(3)4/h10,12H,1,5,7-8H2,2-4,6H3/t12-/m1/s1. The predicted molar refractivity (Wildman–Crippen MR) is 57.2 cm³/mol. The van der Waals surface area contributed by atoms with E-state index in [2.05, 4.69) is 33.9 Å². The monoisotopic (exact) mass is 166 g/mol. The molecule has 0 aliphatic heterocycles. The van der Waals surface area contributed by atoms with Crippen molar-refractivity contribution in [3.05, 3.63) is 24.3 Å². The molecule has 0 aromatic rings. The average Bonchev–Trinajstić information content (AvgIpc) is 1.98. The predicted octanol–water partition coefficient (Wildman–Crippen LogP) is 4.19. The molecule has 0 rings (SSSR count). The zero-order valence-electron chi connectivity index (χ0n) is 8.98. The molecule has 1 atom stereocenters. The van der Waals surface area contributed by atoms with E-state index in [1.54, 1.807) is 0 Å². The summed E-state index contributed by atoms with van der Waals surface area (Å²) in [6.45, 7) is 16.7. The van der Waals surface area contributed by atoms with Crippen LogP contribution < -0.4 is 0 Å². The molecule has 0 N–H and O–H groups in total. The van der Waals surface area contributed by atoms with Gasteiger partial charge in [0.15, 0.2) is 0 Å². The van der Waals surface area contributed by atoms with E-state index in [1.807, 2.05) is 6.92 Å². The van der Waals surface area contributed by atoms with E-state index >= 15 is 0 Å². The van der Waals surface area contributed by atoms with Crippen LogP contribution in [0.2, 0.25) is 0 Å². The van der Waals surface area contributed by atoms with E-state index in [1.165, 1.54) is 12.0 Å². The molecule has 0 radical (unpaired) electrons. The Bertz CT molecular complexity index is 163. The highest BCUT2D eigenvalue weighted by Gasteiger charge is 2.07. The van der Waals surface area contributed by atoms with Crippen molar-refractivity contribution in [3.8, 4) is 0 Å². The van der Waals surface area contributed by atoms with Crippen LogP contribution >= 0.6 is 0 Å². The van der Waals surface area contributed by atoms with Crippen LogP contribution in [-0.2, 0) is 0 Å². The summed E-state index contributed by atoms with van der Waals surface area (Å²) >= 11 is 0. The minimum Gasteiger partial charge on any atom is -0.0959 e. The third kappa shape index (κ3) is 4.38. The molecule has 0 unspecified atom stereocenters. The molecule has 0 aliphatic carbocycles. The second-order valence-corrected chi connectivity index (χ2v) is 4.14. The van der Waals surface area contributed by atoms with Crippen molar-refractivity contribution in [3.63, 3.8) is 0 Å². The molecule has 0 saturated heterocycles. The van der Waals surface area contributed by atoms with Crippen molar-refractivity contribution in [2.24, 2.45) is 11.8 Å². The van der Waals surface area contributed by atoms with Crippen LogP contribution in [0.3, 0.4) is 0 Å². The quantitative estimate of drug-likeness (QED) is 0.537. The second kappa shape index (κ2) is 5.18. The van der Waals surface area contributed by atoms with Crippen molar-refractivity contribution in [2.75, 3.05) is 0 Å². The van der Waals surface area contributed by atoms with Gasteiger partial charge in [-0.15, -0.1) is 0 Å². The fourth-order valence-electron chi connectivity index (χ4n) is 0.949. The molecule has 0 aromatic heterocycles. The first kappa shape index (κ1) is 11.5. The SMILES string of the molecule is C=C(C)C(=C)CC[C@@H](C)C(C)C. The molecule has 0 saturated carbocycles. The molecule has 0 heterocycles. The first-order valence-corrected chi connectivity index (χ1v) is 4.78. The summed E-state index contributed by atoms with van der Waals surface area (Å²) in [6, 6.07) is 0. The molecule has 0 fully saturated rings. The number of hydrogen-bond acceptors (Lipinski definition) is 0. The Morgan fingerprint density at radius 2 is 1.67 bits per heavy atom. The number of allylic oxidation sites excluding steroid dienone is 2. The van der Waals surface area contributed by atoms with Gasteiger partial charge in [-0.2, -0.15) is 0 Å². The fourth-order valence-corrected chi connectivity index (χ4v) is 0.949. The maximum Gasteiger partial charge on any atom is -0.0280 e. The van der Waals surface area contributed by atoms with Gasteiger partial charge in [-0.3, -0.25) is 0 Å². The van der Waals surface area contributed by atoms with E-state index < -0.39 is 0 Å². The Morgan fingerprint density at radius 3 is 2.00 bits per heavy atom. The molecule has 0 aliphatic rings. The maximum absolute atomic E-state index is 3.99. The average molecular weight is 166 g/mol. The zero-order valence-corrected chi connectivity index (χ0v) is 8.98. The van der Waals surface area contributed by atoms with Gasteiger partial charge in [0.25, 0.3) is 0 Å². The topological polar surface area (TPSA) is 0 Å². The first-order chi connectivity index (χ1) is 5.45. The smallest absolute Gasteiger partial charge is 0.0280 e. The molecule has 0 nitrogen and oxygen atoms in total. The normalized spacial score (nSPS) is 13.1. The molecule has 0 heteroatoms. The number of hydrogen-bond donors (Lipinski definition) is 0. The summed E-state index contributed by atoms with van der Waals surface area (Å²) in [7, 11) is 0. The van der Waals surface area contributed by atoms with Crippen molar-refractivity contribution in [1.29, 1.82) is 0 Å². The highest BCUT2D eigenvalue weighted by molar-refractivity contribution is 5.22. The van der Waals surface area contributed by atoms with Gasteiger partial charge in [0.2, 0.25) is 0 Å². The molecular weight excluding hydrogens is 144 g/mol. The van der Waals surface area contributed by atoms with Gasteiger partial charge in [-0.25, -0.2) is 0 Å². The van der Waals surface area contributed by atoms with Crippen LogP contribution in [0.15, 0.2) is 24.3 Å². The van der Waals surface area contributed by atoms with Crippen LogP contribution in [0.4, 0.5) is 0 Å². The van der Waals surface area contributed by atoms with E-state index in [9.17, 15) is 0 Å². The Balaban J connectivity index is 3.69. The van der Waals surface area contributed by atoms with Gasteiger partial charge in [0.05, 0.1) is 0 Å². The van der Waals surface area contributed by atoms with E-state index in [0.717, 1.165) is 23.8 Å². The van der Waals surface area contributed by atoms with E-state index in [4.69, 9.17) is 0 Å². The summed E-state index contributed by atoms with van der Waals surface area (Å²) < 4.78 is 0. The highest BCUT2D eigenvalue weighted by atomic mass is 14.1. The third-order valence-electron chi connectivity index (χ3n) is 2.64. The zero-order chi connectivity index (χ0) is 9.72.